The van der Waals surface area contributed by atoms with Gasteiger partial charge in [-0.15, -0.1) is 0 Å². The van der Waals surface area contributed by atoms with Crippen LogP contribution in [0.5, 0.6) is 0 Å². The van der Waals surface area contributed by atoms with Crippen molar-refractivity contribution in [3.05, 3.63) is 18.0 Å². The molecule has 1 aromatic heterocycles. The lowest BCUT2D eigenvalue weighted by Crippen LogP contribution is -2.39. The number of nitrogens with one attached hydrogen (secondary N) is 1. The summed E-state index contributed by atoms with van der Waals surface area (Å²) in [4.78, 5) is 0. The third-order valence-electron chi connectivity index (χ3n) is 4.36. The Morgan fingerprint density at radius 3 is 2.65 bits per heavy atom. The molecule has 0 aliphatic heterocycles. The van der Waals surface area contributed by atoms with Crippen LogP contribution in [0, 0.1) is 5.92 Å². The van der Waals surface area contributed by atoms with Gasteiger partial charge in [-0.05, 0) is 58.6 Å². The Balaban J connectivity index is 1.87. The second-order valence-corrected chi connectivity index (χ2v) is 7.33. The summed E-state index contributed by atoms with van der Waals surface area (Å²) in [5.74, 6) is 0.682. The minimum Gasteiger partial charge on any atom is -0.312 e. The molecule has 1 atom stereocenters. The predicted octanol–water partition coefficient (Wildman–Crippen LogP) is 3.96. The largest absolute Gasteiger partial charge is 0.312 e. The highest BCUT2D eigenvalue weighted by atomic mass is 15.3. The predicted molar refractivity (Wildman–Crippen MR) is 85.0 cm³/mol. The van der Waals surface area contributed by atoms with Gasteiger partial charge in [0.15, 0.2) is 0 Å². The Morgan fingerprint density at radius 1 is 1.35 bits per heavy atom. The van der Waals surface area contributed by atoms with E-state index in [1.807, 2.05) is 0 Å². The van der Waals surface area contributed by atoms with Gasteiger partial charge in [-0.25, -0.2) is 0 Å². The Labute approximate surface area is 124 Å². The average molecular weight is 277 g/mol. The third kappa shape index (κ3) is 4.62. The van der Waals surface area contributed by atoms with Crippen LogP contribution in [0.4, 0.5) is 0 Å². The topological polar surface area (TPSA) is 29.9 Å². The van der Waals surface area contributed by atoms with Crippen LogP contribution in [0.3, 0.4) is 0 Å². The maximum absolute atomic E-state index is 4.81. The lowest BCUT2D eigenvalue weighted by molar-refractivity contribution is 0.360. The molecule has 0 radical (unpaired) electrons. The summed E-state index contributed by atoms with van der Waals surface area (Å²) in [5.41, 5.74) is 1.47. The molecule has 1 saturated carbocycles. The lowest BCUT2D eigenvalue weighted by atomic mass is 9.98. The van der Waals surface area contributed by atoms with Crippen molar-refractivity contribution >= 4 is 0 Å². The fourth-order valence-corrected chi connectivity index (χ4v) is 2.97. The summed E-state index contributed by atoms with van der Waals surface area (Å²) in [6, 6.07) is 2.88. The first kappa shape index (κ1) is 15.6. The normalized spacial score (nSPS) is 18.6. The molecule has 0 amide bonds. The van der Waals surface area contributed by atoms with Crippen LogP contribution >= 0.6 is 0 Å². The first-order valence-electron chi connectivity index (χ1n) is 8.27. The van der Waals surface area contributed by atoms with Gasteiger partial charge in [-0.1, -0.05) is 26.2 Å². The number of aromatic nitrogens is 2. The average Bonchev–Trinajstić information content (AvgIpc) is 3.03. The quantitative estimate of drug-likeness (QED) is 0.853. The minimum absolute atomic E-state index is 0.205. The van der Waals surface area contributed by atoms with Gasteiger partial charge >= 0.3 is 0 Å². The van der Waals surface area contributed by atoms with Crippen molar-refractivity contribution < 1.29 is 0 Å². The number of hydrogen-bond donors (Lipinski definition) is 1. The van der Waals surface area contributed by atoms with Crippen LogP contribution in [0.2, 0.25) is 0 Å². The van der Waals surface area contributed by atoms with Gasteiger partial charge in [0.2, 0.25) is 0 Å². The van der Waals surface area contributed by atoms with E-state index in [2.05, 4.69) is 50.0 Å². The minimum atomic E-state index is 0.205. The van der Waals surface area contributed by atoms with E-state index in [-0.39, 0.29) is 5.54 Å². The molecular formula is C17H31N3. The van der Waals surface area contributed by atoms with Crippen molar-refractivity contribution in [3.8, 4) is 0 Å². The Bertz CT molecular complexity index is 397. The zero-order valence-electron chi connectivity index (χ0n) is 13.7. The van der Waals surface area contributed by atoms with Crippen molar-refractivity contribution in [1.82, 2.24) is 15.1 Å². The SMILES string of the molecule is CCC(CNC(C)(C)C)Cc1ccn(C2CCCC2)n1. The summed E-state index contributed by atoms with van der Waals surface area (Å²) in [7, 11) is 0. The molecule has 0 saturated heterocycles. The van der Waals surface area contributed by atoms with E-state index in [0.717, 1.165) is 13.0 Å². The Hall–Kier alpha value is -0.830. The van der Waals surface area contributed by atoms with E-state index >= 15 is 0 Å². The number of hydrogen-bond acceptors (Lipinski definition) is 2. The molecule has 1 aliphatic carbocycles. The van der Waals surface area contributed by atoms with Crippen LogP contribution in [-0.4, -0.2) is 21.9 Å². The first-order chi connectivity index (χ1) is 9.48. The molecule has 1 aliphatic rings. The molecule has 3 nitrogen and oxygen atoms in total. The van der Waals surface area contributed by atoms with E-state index in [1.165, 1.54) is 37.8 Å². The fourth-order valence-electron chi connectivity index (χ4n) is 2.97. The van der Waals surface area contributed by atoms with Gasteiger partial charge in [0.25, 0.3) is 0 Å². The third-order valence-corrected chi connectivity index (χ3v) is 4.36. The standard InChI is InChI=1S/C17H31N3/c1-5-14(13-18-17(2,3)4)12-15-10-11-20(19-15)16-8-6-7-9-16/h10-11,14,16,18H,5-9,12-13H2,1-4H3. The zero-order chi connectivity index (χ0) is 14.6. The first-order valence-corrected chi connectivity index (χ1v) is 8.27. The van der Waals surface area contributed by atoms with Crippen LogP contribution in [0.1, 0.15) is 71.5 Å². The Kier molecular flexibility index (Phi) is 5.25. The molecule has 114 valence electrons. The van der Waals surface area contributed by atoms with Gasteiger partial charge in [0.1, 0.15) is 0 Å². The van der Waals surface area contributed by atoms with Gasteiger partial charge in [0, 0.05) is 11.7 Å². The molecule has 2 rings (SSSR count). The molecule has 20 heavy (non-hydrogen) atoms. The van der Waals surface area contributed by atoms with Crippen LogP contribution in [0.15, 0.2) is 12.3 Å². The van der Waals surface area contributed by atoms with E-state index < -0.39 is 0 Å². The second kappa shape index (κ2) is 6.75. The van der Waals surface area contributed by atoms with Gasteiger partial charge < -0.3 is 5.32 Å². The molecule has 0 bridgehead atoms. The highest BCUT2D eigenvalue weighted by Crippen LogP contribution is 2.28. The number of rotatable bonds is 6. The molecule has 0 aromatic carbocycles. The van der Waals surface area contributed by atoms with Crippen molar-refractivity contribution in [1.29, 1.82) is 0 Å². The monoisotopic (exact) mass is 277 g/mol. The second-order valence-electron chi connectivity index (χ2n) is 7.33. The van der Waals surface area contributed by atoms with Crippen molar-refractivity contribution in [2.45, 2.75) is 77.8 Å². The van der Waals surface area contributed by atoms with Crippen molar-refractivity contribution in [2.24, 2.45) is 5.92 Å². The summed E-state index contributed by atoms with van der Waals surface area (Å²) in [6.45, 7) is 10.1. The molecule has 1 unspecified atom stereocenters. The molecular weight excluding hydrogens is 246 g/mol. The summed E-state index contributed by atoms with van der Waals surface area (Å²) in [6.07, 6.45) is 9.85. The lowest BCUT2D eigenvalue weighted by Gasteiger charge is -2.24. The van der Waals surface area contributed by atoms with Gasteiger partial charge in [-0.3, -0.25) is 4.68 Å². The van der Waals surface area contributed by atoms with Crippen LogP contribution in [0.25, 0.3) is 0 Å². The zero-order valence-corrected chi connectivity index (χ0v) is 13.7. The highest BCUT2D eigenvalue weighted by Gasteiger charge is 2.19. The molecule has 3 heteroatoms. The van der Waals surface area contributed by atoms with E-state index in [0.29, 0.717) is 12.0 Å². The maximum atomic E-state index is 4.81. The number of nitrogens with zero attached hydrogens (tertiary/aromatic N) is 2. The summed E-state index contributed by atoms with van der Waals surface area (Å²) < 4.78 is 2.21. The smallest absolute Gasteiger partial charge is 0.0627 e. The summed E-state index contributed by atoms with van der Waals surface area (Å²) >= 11 is 0. The van der Waals surface area contributed by atoms with Gasteiger partial charge in [0.05, 0.1) is 11.7 Å². The molecule has 1 heterocycles. The van der Waals surface area contributed by atoms with E-state index in [9.17, 15) is 0 Å². The van der Waals surface area contributed by atoms with Crippen LogP contribution in [-0.2, 0) is 6.42 Å². The van der Waals surface area contributed by atoms with Gasteiger partial charge in [-0.2, -0.15) is 5.10 Å². The molecule has 1 N–H and O–H groups in total. The summed E-state index contributed by atoms with van der Waals surface area (Å²) in [5, 5.41) is 8.43. The van der Waals surface area contributed by atoms with Crippen molar-refractivity contribution in [2.75, 3.05) is 6.54 Å². The molecule has 0 spiro atoms. The Morgan fingerprint density at radius 2 is 2.05 bits per heavy atom. The van der Waals surface area contributed by atoms with Crippen LogP contribution < -0.4 is 5.32 Å². The molecule has 1 fully saturated rings. The fraction of sp³-hybridized carbons (Fsp3) is 0.824. The highest BCUT2D eigenvalue weighted by molar-refractivity contribution is 5.02. The van der Waals surface area contributed by atoms with E-state index in [1.54, 1.807) is 0 Å². The van der Waals surface area contributed by atoms with E-state index in [4.69, 9.17) is 5.10 Å². The van der Waals surface area contributed by atoms with Crippen molar-refractivity contribution in [3.63, 3.8) is 0 Å². The maximum Gasteiger partial charge on any atom is 0.0627 e. The molecule has 1 aromatic rings.